The molecule has 0 aromatic carbocycles. The van der Waals surface area contributed by atoms with Crippen LogP contribution in [-0.2, 0) is 24.3 Å². The van der Waals surface area contributed by atoms with Crippen LogP contribution in [0.3, 0.4) is 0 Å². The number of morpholine rings is 1. The van der Waals surface area contributed by atoms with Crippen LogP contribution in [0.25, 0.3) is 0 Å². The fourth-order valence-corrected chi connectivity index (χ4v) is 3.36. The van der Waals surface area contributed by atoms with Crippen LogP contribution >= 0.6 is 0 Å². The van der Waals surface area contributed by atoms with Crippen molar-refractivity contribution in [2.75, 3.05) is 45.6 Å². The molecule has 9 nitrogen and oxygen atoms in total. The summed E-state index contributed by atoms with van der Waals surface area (Å²) in [4.78, 5) is 20.6. The quantitative estimate of drug-likeness (QED) is 0.608. The Morgan fingerprint density at radius 2 is 1.45 bits per heavy atom. The molecule has 2 N–H and O–H groups in total. The van der Waals surface area contributed by atoms with Gasteiger partial charge in [-0.1, -0.05) is 0 Å². The number of carbonyl (C=O) groups is 2. The highest BCUT2D eigenvalue weighted by Crippen LogP contribution is 2.19. The number of carboxylic acids is 2. The van der Waals surface area contributed by atoms with E-state index in [4.69, 9.17) is 24.5 Å². The van der Waals surface area contributed by atoms with E-state index in [-0.39, 0.29) is 0 Å². The molecule has 0 aliphatic carbocycles. The van der Waals surface area contributed by atoms with E-state index >= 15 is 0 Å². The van der Waals surface area contributed by atoms with Crippen LogP contribution in [0.15, 0.2) is 0 Å². The second-order valence-corrected chi connectivity index (χ2v) is 7.13. The number of piperidine rings is 1. The molecule has 128 valence electrons. The number of carboxylic acid groups (broad SMARTS) is 2. The van der Waals surface area contributed by atoms with E-state index in [0.29, 0.717) is 19.1 Å². The fourth-order valence-electron chi connectivity index (χ4n) is 2.48. The molecule has 2 rings (SSSR count). The van der Waals surface area contributed by atoms with Crippen LogP contribution in [0.5, 0.6) is 0 Å². The third kappa shape index (κ3) is 6.26. The molecule has 10 heteroatoms. The predicted molar refractivity (Wildman–Crippen MR) is 77.1 cm³/mol. The molecule has 2 heterocycles. The number of nitrogens with zero attached hydrogens (tertiary/aromatic N) is 2. The molecule has 0 unspecified atom stereocenters. The van der Waals surface area contributed by atoms with E-state index in [1.807, 2.05) is 0 Å². The first-order valence-corrected chi connectivity index (χ1v) is 8.79. The highest BCUT2D eigenvalue weighted by Gasteiger charge is 2.28. The van der Waals surface area contributed by atoms with Gasteiger partial charge in [0, 0.05) is 32.2 Å². The lowest BCUT2D eigenvalue weighted by atomic mass is 10.0. The molecule has 2 saturated heterocycles. The number of hydrogen-bond acceptors (Lipinski definition) is 6. The Hall–Kier alpha value is -1.23. The minimum Gasteiger partial charge on any atom is -0.473 e. The lowest BCUT2D eigenvalue weighted by Gasteiger charge is -2.39. The summed E-state index contributed by atoms with van der Waals surface area (Å²) in [5.74, 6) is -3.65. The molecular weight excluding hydrogens is 316 g/mol. The third-order valence-electron chi connectivity index (χ3n) is 3.64. The second-order valence-electron chi connectivity index (χ2n) is 5.15. The predicted octanol–water partition coefficient (Wildman–Crippen LogP) is -1.10. The lowest BCUT2D eigenvalue weighted by molar-refractivity contribution is -0.159. The molecule has 0 radical (unpaired) electrons. The van der Waals surface area contributed by atoms with Gasteiger partial charge in [0.05, 0.1) is 19.5 Å². The number of hydrogen-bond donors (Lipinski definition) is 2. The summed E-state index contributed by atoms with van der Waals surface area (Å²) in [5, 5.41) is 14.8. The number of rotatable bonds is 2. The van der Waals surface area contributed by atoms with Crippen LogP contribution in [0.2, 0.25) is 0 Å². The van der Waals surface area contributed by atoms with Gasteiger partial charge in [0.2, 0.25) is 10.0 Å². The van der Waals surface area contributed by atoms with E-state index in [2.05, 4.69) is 4.90 Å². The first kappa shape index (κ1) is 18.8. The lowest BCUT2D eigenvalue weighted by Crippen LogP contribution is -2.49. The standard InChI is InChI=1S/C10H20N2O3S.C2H2O4/c1-16(13,14)12-4-2-10(3-5-12)11-6-8-15-9-7-11;3-1(4)2(5)6/h10H,2-9H2,1H3;(H,3,4)(H,5,6). The molecule has 0 atom stereocenters. The minimum absolute atomic E-state index is 0.543. The summed E-state index contributed by atoms with van der Waals surface area (Å²) in [7, 11) is -2.99. The maximum atomic E-state index is 11.4. The Balaban J connectivity index is 0.000000346. The molecule has 0 saturated carbocycles. The summed E-state index contributed by atoms with van der Waals surface area (Å²) >= 11 is 0. The molecule has 22 heavy (non-hydrogen) atoms. The first-order chi connectivity index (χ1) is 10.2. The van der Waals surface area contributed by atoms with Gasteiger partial charge in [0.1, 0.15) is 0 Å². The summed E-state index contributed by atoms with van der Waals surface area (Å²) in [5.41, 5.74) is 0. The SMILES string of the molecule is CS(=O)(=O)N1CCC(N2CCOCC2)CC1.O=C(O)C(=O)O. The normalized spacial score (nSPS) is 21.7. The maximum absolute atomic E-state index is 11.4. The molecule has 0 spiro atoms. The summed E-state index contributed by atoms with van der Waals surface area (Å²) in [6, 6.07) is 0.543. The second kappa shape index (κ2) is 8.42. The maximum Gasteiger partial charge on any atom is 0.414 e. The largest absolute Gasteiger partial charge is 0.473 e. The molecule has 0 amide bonds. The molecule has 0 aromatic heterocycles. The smallest absolute Gasteiger partial charge is 0.414 e. The van der Waals surface area contributed by atoms with Gasteiger partial charge in [0.15, 0.2) is 0 Å². The Labute approximate surface area is 129 Å². The Kier molecular flexibility index (Phi) is 7.20. The van der Waals surface area contributed by atoms with E-state index in [1.54, 1.807) is 4.31 Å². The van der Waals surface area contributed by atoms with Crippen molar-refractivity contribution in [1.82, 2.24) is 9.21 Å². The Morgan fingerprint density at radius 3 is 1.82 bits per heavy atom. The van der Waals surface area contributed by atoms with Gasteiger partial charge >= 0.3 is 11.9 Å². The molecular formula is C12H22N2O7S. The zero-order valence-electron chi connectivity index (χ0n) is 12.5. The van der Waals surface area contributed by atoms with Crippen molar-refractivity contribution in [1.29, 1.82) is 0 Å². The molecule has 2 fully saturated rings. The average Bonchev–Trinajstić information content (AvgIpc) is 2.48. The van der Waals surface area contributed by atoms with Gasteiger partial charge < -0.3 is 14.9 Å². The summed E-state index contributed by atoms with van der Waals surface area (Å²) < 4.78 is 29.6. The van der Waals surface area contributed by atoms with Crippen LogP contribution in [-0.4, -0.2) is 91.5 Å². The van der Waals surface area contributed by atoms with E-state index in [1.165, 1.54) is 6.26 Å². The zero-order chi connectivity index (χ0) is 16.8. The van der Waals surface area contributed by atoms with Gasteiger partial charge in [-0.3, -0.25) is 4.90 Å². The van der Waals surface area contributed by atoms with Gasteiger partial charge in [-0.15, -0.1) is 0 Å². The Morgan fingerprint density at radius 1 is 1.00 bits per heavy atom. The number of sulfonamides is 1. The fraction of sp³-hybridized carbons (Fsp3) is 0.833. The highest BCUT2D eigenvalue weighted by molar-refractivity contribution is 7.88. The summed E-state index contributed by atoms with van der Waals surface area (Å²) in [6.45, 7) is 4.94. The third-order valence-corrected chi connectivity index (χ3v) is 4.94. The van der Waals surface area contributed by atoms with Gasteiger partial charge in [-0.25, -0.2) is 22.3 Å². The van der Waals surface area contributed by atoms with Gasteiger partial charge in [0.25, 0.3) is 0 Å². The zero-order valence-corrected chi connectivity index (χ0v) is 13.3. The van der Waals surface area contributed by atoms with Gasteiger partial charge in [-0.05, 0) is 12.8 Å². The van der Waals surface area contributed by atoms with Crippen molar-refractivity contribution in [3.05, 3.63) is 0 Å². The van der Waals surface area contributed by atoms with Crippen LogP contribution in [0.4, 0.5) is 0 Å². The summed E-state index contributed by atoms with van der Waals surface area (Å²) in [6.07, 6.45) is 3.20. The van der Waals surface area contributed by atoms with Crippen molar-refractivity contribution in [2.24, 2.45) is 0 Å². The molecule has 0 aromatic rings. The van der Waals surface area contributed by atoms with Crippen molar-refractivity contribution >= 4 is 22.0 Å². The minimum atomic E-state index is -2.99. The number of ether oxygens (including phenoxy) is 1. The number of aliphatic carboxylic acids is 2. The van der Waals surface area contributed by atoms with Crippen molar-refractivity contribution in [2.45, 2.75) is 18.9 Å². The van der Waals surface area contributed by atoms with Crippen LogP contribution in [0, 0.1) is 0 Å². The van der Waals surface area contributed by atoms with E-state index in [0.717, 1.165) is 39.1 Å². The van der Waals surface area contributed by atoms with Crippen molar-refractivity contribution in [3.8, 4) is 0 Å². The van der Waals surface area contributed by atoms with Crippen molar-refractivity contribution in [3.63, 3.8) is 0 Å². The monoisotopic (exact) mass is 338 g/mol. The molecule has 2 aliphatic heterocycles. The van der Waals surface area contributed by atoms with Crippen LogP contribution < -0.4 is 0 Å². The Bertz CT molecular complexity index is 468. The van der Waals surface area contributed by atoms with Gasteiger partial charge in [-0.2, -0.15) is 0 Å². The van der Waals surface area contributed by atoms with E-state index in [9.17, 15) is 8.42 Å². The molecule has 0 bridgehead atoms. The topological polar surface area (TPSA) is 124 Å². The first-order valence-electron chi connectivity index (χ1n) is 6.95. The highest BCUT2D eigenvalue weighted by atomic mass is 32.2. The van der Waals surface area contributed by atoms with Crippen molar-refractivity contribution < 1.29 is 33.0 Å². The average molecular weight is 338 g/mol. The molecule has 2 aliphatic rings. The van der Waals surface area contributed by atoms with Crippen LogP contribution in [0.1, 0.15) is 12.8 Å². The van der Waals surface area contributed by atoms with E-state index < -0.39 is 22.0 Å².